The molecule has 31 heavy (non-hydrogen) atoms. The maximum atomic E-state index is 6.41. The van der Waals surface area contributed by atoms with Crippen LogP contribution < -0.4 is 15.4 Å². The number of thiazole rings is 1. The van der Waals surface area contributed by atoms with Gasteiger partial charge in [0.05, 0.1) is 15.9 Å². The van der Waals surface area contributed by atoms with Crippen molar-refractivity contribution in [1.82, 2.24) is 4.98 Å². The Morgan fingerprint density at radius 3 is 2.68 bits per heavy atom. The first-order chi connectivity index (χ1) is 15.2. The highest BCUT2D eigenvalue weighted by atomic mass is 32.1. The Morgan fingerprint density at radius 1 is 1.23 bits per heavy atom. The van der Waals surface area contributed by atoms with E-state index in [9.17, 15) is 0 Å². The van der Waals surface area contributed by atoms with Gasteiger partial charge in [0.1, 0.15) is 5.75 Å². The summed E-state index contributed by atoms with van der Waals surface area (Å²) in [5, 5.41) is 0.940. The maximum absolute atomic E-state index is 6.41. The van der Waals surface area contributed by atoms with Gasteiger partial charge in [0, 0.05) is 38.1 Å². The number of nitrogens with zero attached hydrogens (tertiary/aromatic N) is 3. The largest absolute Gasteiger partial charge is 0.437 e. The molecule has 7 heteroatoms. The number of aliphatic imine (C=N–C) groups is 1. The fourth-order valence-corrected chi connectivity index (χ4v) is 4.37. The third-order valence-electron chi connectivity index (χ3n) is 5.21. The van der Waals surface area contributed by atoms with Gasteiger partial charge in [0.15, 0.2) is 5.13 Å². The zero-order valence-electron chi connectivity index (χ0n) is 17.5. The number of benzene rings is 2. The fraction of sp³-hybridized carbons (Fsp3) is 0.250. The summed E-state index contributed by atoms with van der Waals surface area (Å²) in [4.78, 5) is 11.2. The lowest BCUT2D eigenvalue weighted by atomic mass is 9.97. The van der Waals surface area contributed by atoms with Crippen molar-refractivity contribution < 1.29 is 9.47 Å². The molecule has 0 saturated carbocycles. The van der Waals surface area contributed by atoms with Crippen molar-refractivity contribution in [3.8, 4) is 5.75 Å². The molecule has 160 valence electrons. The summed E-state index contributed by atoms with van der Waals surface area (Å²) in [6.45, 7) is 5.10. The second-order valence-electron chi connectivity index (χ2n) is 7.28. The molecular weight excluding hydrogens is 408 g/mol. The van der Waals surface area contributed by atoms with E-state index in [0.717, 1.165) is 29.2 Å². The van der Waals surface area contributed by atoms with Crippen LogP contribution in [0.5, 0.6) is 5.75 Å². The quantitative estimate of drug-likeness (QED) is 0.406. The van der Waals surface area contributed by atoms with Crippen LogP contribution in [0.1, 0.15) is 12.8 Å². The SMILES string of the molecule is C=C/C=N\C(Oc1ccc(N(C)c2nc3ccccc3s2)cc1)=C(/N)C1CCOCC1. The molecule has 0 amide bonds. The van der Waals surface area contributed by atoms with Crippen molar-refractivity contribution in [2.24, 2.45) is 16.6 Å². The first-order valence-corrected chi connectivity index (χ1v) is 11.1. The summed E-state index contributed by atoms with van der Waals surface area (Å²) in [5.41, 5.74) is 9.08. The highest BCUT2D eigenvalue weighted by Gasteiger charge is 2.20. The van der Waals surface area contributed by atoms with Crippen molar-refractivity contribution in [3.05, 3.63) is 72.8 Å². The van der Waals surface area contributed by atoms with E-state index in [1.165, 1.54) is 4.70 Å². The highest BCUT2D eigenvalue weighted by Crippen LogP contribution is 2.33. The maximum Gasteiger partial charge on any atom is 0.238 e. The molecule has 2 N–H and O–H groups in total. The van der Waals surface area contributed by atoms with E-state index in [-0.39, 0.29) is 5.92 Å². The molecular formula is C24H26N4O2S. The number of rotatable bonds is 7. The molecule has 4 rings (SSSR count). The fourth-order valence-electron chi connectivity index (χ4n) is 3.43. The molecule has 0 atom stereocenters. The number of allylic oxidation sites excluding steroid dienone is 2. The molecule has 2 aromatic carbocycles. The smallest absolute Gasteiger partial charge is 0.238 e. The Bertz CT molecular complexity index is 1070. The Kier molecular flexibility index (Phi) is 6.64. The minimum atomic E-state index is 0.204. The van der Waals surface area contributed by atoms with Crippen molar-refractivity contribution in [1.29, 1.82) is 0 Å². The van der Waals surface area contributed by atoms with Crippen LogP contribution in [-0.2, 0) is 4.74 Å². The van der Waals surface area contributed by atoms with Gasteiger partial charge in [-0.15, -0.1) is 0 Å². The Morgan fingerprint density at radius 2 is 1.97 bits per heavy atom. The third kappa shape index (κ3) is 4.95. The van der Waals surface area contributed by atoms with Crippen LogP contribution in [0, 0.1) is 5.92 Å². The van der Waals surface area contributed by atoms with E-state index in [2.05, 4.69) is 22.5 Å². The predicted octanol–water partition coefficient (Wildman–Crippen LogP) is 5.25. The molecule has 0 unspecified atom stereocenters. The lowest BCUT2D eigenvalue weighted by molar-refractivity contribution is 0.0743. The molecule has 1 aliphatic heterocycles. The van der Waals surface area contributed by atoms with E-state index in [0.29, 0.717) is 30.5 Å². The number of para-hydroxylation sites is 1. The van der Waals surface area contributed by atoms with Gasteiger partial charge in [0.25, 0.3) is 0 Å². The van der Waals surface area contributed by atoms with E-state index in [1.807, 2.05) is 49.5 Å². The molecule has 3 aromatic rings. The molecule has 0 bridgehead atoms. The normalized spacial score (nSPS) is 15.8. The average Bonchev–Trinajstić information content (AvgIpc) is 3.26. The molecule has 1 fully saturated rings. The van der Waals surface area contributed by atoms with Crippen LogP contribution in [0.2, 0.25) is 0 Å². The monoisotopic (exact) mass is 434 g/mol. The van der Waals surface area contributed by atoms with Crippen LogP contribution in [0.15, 0.2) is 77.8 Å². The molecule has 1 saturated heterocycles. The van der Waals surface area contributed by atoms with E-state index < -0.39 is 0 Å². The second kappa shape index (κ2) is 9.76. The minimum Gasteiger partial charge on any atom is -0.437 e. The van der Waals surface area contributed by atoms with E-state index in [4.69, 9.17) is 20.2 Å². The standard InChI is InChI=1S/C24H26N4O2S/c1-3-14-26-23(22(25)17-12-15-29-16-13-17)30-19-10-8-18(9-11-19)28(2)24-27-20-6-4-5-7-21(20)31-24/h3-11,14,17H,1,12-13,15-16,25H2,2H3/b23-22+,26-14-. The van der Waals surface area contributed by atoms with Gasteiger partial charge in [-0.05, 0) is 49.2 Å². The number of anilines is 2. The average molecular weight is 435 g/mol. The summed E-state index contributed by atoms with van der Waals surface area (Å²) < 4.78 is 12.7. The molecule has 0 spiro atoms. The summed E-state index contributed by atoms with van der Waals surface area (Å²) in [7, 11) is 2.01. The number of aromatic nitrogens is 1. The van der Waals surface area contributed by atoms with Gasteiger partial charge in [-0.1, -0.05) is 36.1 Å². The predicted molar refractivity (Wildman–Crippen MR) is 128 cm³/mol. The summed E-state index contributed by atoms with van der Waals surface area (Å²) in [6, 6.07) is 16.0. The molecule has 0 aliphatic carbocycles. The van der Waals surface area contributed by atoms with Crippen molar-refractivity contribution in [3.63, 3.8) is 0 Å². The first-order valence-electron chi connectivity index (χ1n) is 10.3. The minimum absolute atomic E-state index is 0.204. The second-order valence-corrected chi connectivity index (χ2v) is 8.29. The molecule has 2 heterocycles. The van der Waals surface area contributed by atoms with Crippen LogP contribution in [0.3, 0.4) is 0 Å². The molecule has 1 aliphatic rings. The van der Waals surface area contributed by atoms with Crippen LogP contribution in [-0.4, -0.2) is 31.5 Å². The summed E-state index contributed by atoms with van der Waals surface area (Å²) in [5.74, 6) is 1.29. The van der Waals surface area contributed by atoms with E-state index >= 15 is 0 Å². The number of ether oxygens (including phenoxy) is 2. The Hall–Kier alpha value is -3.16. The van der Waals surface area contributed by atoms with Crippen LogP contribution >= 0.6 is 11.3 Å². The lowest BCUT2D eigenvalue weighted by Crippen LogP contribution is -2.23. The van der Waals surface area contributed by atoms with Gasteiger partial charge < -0.3 is 20.1 Å². The number of fused-ring (bicyclic) bond motifs is 1. The number of hydrogen-bond acceptors (Lipinski definition) is 7. The Balaban J connectivity index is 1.52. The molecule has 6 nitrogen and oxygen atoms in total. The van der Waals surface area contributed by atoms with Gasteiger partial charge in [-0.25, -0.2) is 9.98 Å². The van der Waals surface area contributed by atoms with Gasteiger partial charge in [0.2, 0.25) is 5.88 Å². The van der Waals surface area contributed by atoms with Gasteiger partial charge in [-0.2, -0.15) is 0 Å². The molecule has 0 radical (unpaired) electrons. The highest BCUT2D eigenvalue weighted by molar-refractivity contribution is 7.22. The van der Waals surface area contributed by atoms with Crippen molar-refractivity contribution in [2.75, 3.05) is 25.2 Å². The lowest BCUT2D eigenvalue weighted by Gasteiger charge is -2.23. The third-order valence-corrected chi connectivity index (χ3v) is 6.33. The van der Waals surface area contributed by atoms with E-state index in [1.54, 1.807) is 23.6 Å². The Labute approximate surface area is 186 Å². The van der Waals surface area contributed by atoms with Crippen molar-refractivity contribution in [2.45, 2.75) is 12.8 Å². The summed E-state index contributed by atoms with van der Waals surface area (Å²) >= 11 is 1.66. The molecule has 1 aromatic heterocycles. The van der Waals surface area contributed by atoms with Gasteiger partial charge in [-0.3, -0.25) is 0 Å². The number of nitrogens with two attached hydrogens (primary N) is 1. The topological polar surface area (TPSA) is 73.0 Å². The summed E-state index contributed by atoms with van der Waals surface area (Å²) in [6.07, 6.45) is 4.94. The zero-order chi connectivity index (χ0) is 21.6. The van der Waals surface area contributed by atoms with Crippen LogP contribution in [0.25, 0.3) is 10.2 Å². The first kappa shape index (κ1) is 21.1. The number of hydrogen-bond donors (Lipinski definition) is 1. The van der Waals surface area contributed by atoms with Crippen molar-refractivity contribution >= 4 is 38.6 Å². The zero-order valence-corrected chi connectivity index (χ0v) is 18.3. The van der Waals surface area contributed by atoms with Crippen LogP contribution in [0.4, 0.5) is 10.8 Å². The van der Waals surface area contributed by atoms with Gasteiger partial charge >= 0.3 is 0 Å².